The third-order valence-corrected chi connectivity index (χ3v) is 3.95. The van der Waals surface area contributed by atoms with Gasteiger partial charge in [-0.05, 0) is 35.0 Å². The minimum atomic E-state index is 0.259. The summed E-state index contributed by atoms with van der Waals surface area (Å²) in [6.45, 7) is 5.30. The Morgan fingerprint density at radius 2 is 2.20 bits per heavy atom. The van der Waals surface area contributed by atoms with Crippen LogP contribution >= 0.6 is 15.9 Å². The Morgan fingerprint density at radius 1 is 1.35 bits per heavy atom. The molecule has 1 aromatic heterocycles. The fourth-order valence-corrected chi connectivity index (χ4v) is 2.74. The molecule has 0 amide bonds. The van der Waals surface area contributed by atoms with Gasteiger partial charge >= 0.3 is 0 Å². The fraction of sp³-hybridized carbons (Fsp3) is 0.429. The van der Waals surface area contributed by atoms with Crippen molar-refractivity contribution in [1.29, 1.82) is 0 Å². The lowest BCUT2D eigenvalue weighted by molar-refractivity contribution is -0.0235. The molecule has 1 aliphatic rings. The highest BCUT2D eigenvalue weighted by Crippen LogP contribution is 2.26. The smallest absolute Gasteiger partial charge is 0.248 e. The summed E-state index contributed by atoms with van der Waals surface area (Å²) in [5, 5.41) is 8.26. The number of morpholine rings is 1. The summed E-state index contributed by atoms with van der Waals surface area (Å²) in [6, 6.07) is 7.83. The van der Waals surface area contributed by atoms with Crippen molar-refractivity contribution in [2.24, 2.45) is 0 Å². The number of rotatable bonds is 3. The van der Waals surface area contributed by atoms with Crippen LogP contribution < -0.4 is 0 Å². The van der Waals surface area contributed by atoms with Crippen molar-refractivity contribution < 1.29 is 9.15 Å². The van der Waals surface area contributed by atoms with Crippen molar-refractivity contribution in [3.8, 4) is 11.5 Å². The van der Waals surface area contributed by atoms with Gasteiger partial charge in [0, 0.05) is 17.6 Å². The van der Waals surface area contributed by atoms with E-state index in [1.54, 1.807) is 0 Å². The highest BCUT2D eigenvalue weighted by molar-refractivity contribution is 9.10. The molecule has 1 aliphatic heterocycles. The molecular formula is C14H16BrN3O2. The number of nitrogens with zero attached hydrogens (tertiary/aromatic N) is 3. The van der Waals surface area contributed by atoms with E-state index in [2.05, 4.69) is 38.0 Å². The lowest BCUT2D eigenvalue weighted by Crippen LogP contribution is -2.40. The van der Waals surface area contributed by atoms with Gasteiger partial charge in [-0.1, -0.05) is 12.1 Å². The van der Waals surface area contributed by atoms with E-state index in [4.69, 9.17) is 9.15 Å². The van der Waals surface area contributed by atoms with E-state index < -0.39 is 0 Å². The van der Waals surface area contributed by atoms with Gasteiger partial charge < -0.3 is 9.15 Å². The molecule has 2 heterocycles. The van der Waals surface area contributed by atoms with Crippen LogP contribution in [0.15, 0.2) is 33.2 Å². The molecule has 1 saturated heterocycles. The van der Waals surface area contributed by atoms with E-state index in [1.165, 1.54) is 0 Å². The van der Waals surface area contributed by atoms with E-state index in [0.29, 0.717) is 18.3 Å². The van der Waals surface area contributed by atoms with Gasteiger partial charge in [-0.25, -0.2) is 0 Å². The molecule has 1 aromatic carbocycles. The highest BCUT2D eigenvalue weighted by Gasteiger charge is 2.19. The third kappa shape index (κ3) is 3.08. The first-order valence-corrected chi connectivity index (χ1v) is 7.43. The van der Waals surface area contributed by atoms with Crippen molar-refractivity contribution in [3.63, 3.8) is 0 Å². The van der Waals surface area contributed by atoms with Crippen molar-refractivity contribution in [2.75, 3.05) is 19.7 Å². The van der Waals surface area contributed by atoms with E-state index in [-0.39, 0.29) is 6.10 Å². The van der Waals surface area contributed by atoms with Gasteiger partial charge in [-0.3, -0.25) is 4.90 Å². The molecule has 0 aliphatic carbocycles. The lowest BCUT2D eigenvalue weighted by atomic mass is 10.2. The minimum Gasteiger partial charge on any atom is -0.419 e. The molecule has 1 atom stereocenters. The van der Waals surface area contributed by atoms with Crippen LogP contribution in [0.4, 0.5) is 0 Å². The van der Waals surface area contributed by atoms with Gasteiger partial charge in [0.05, 0.1) is 24.8 Å². The van der Waals surface area contributed by atoms with Crippen LogP contribution in [0.2, 0.25) is 0 Å². The van der Waals surface area contributed by atoms with Gasteiger partial charge in [0.1, 0.15) is 0 Å². The summed E-state index contributed by atoms with van der Waals surface area (Å²) in [6.07, 6.45) is 0.259. The zero-order valence-electron chi connectivity index (χ0n) is 11.3. The van der Waals surface area contributed by atoms with E-state index in [1.807, 2.05) is 24.3 Å². The first kappa shape index (κ1) is 13.7. The van der Waals surface area contributed by atoms with Gasteiger partial charge in [0.15, 0.2) is 0 Å². The quantitative estimate of drug-likeness (QED) is 0.861. The normalized spacial score (nSPS) is 20.2. The summed E-state index contributed by atoms with van der Waals surface area (Å²) in [5.74, 6) is 1.19. The van der Waals surface area contributed by atoms with Crippen molar-refractivity contribution in [3.05, 3.63) is 34.6 Å². The monoisotopic (exact) mass is 337 g/mol. The predicted molar refractivity (Wildman–Crippen MR) is 78.1 cm³/mol. The SMILES string of the molecule is CC1CN(Cc2nnc(-c3ccccc3Br)o2)CCO1. The summed E-state index contributed by atoms with van der Waals surface area (Å²) >= 11 is 3.49. The number of hydrogen-bond acceptors (Lipinski definition) is 5. The van der Waals surface area contributed by atoms with Gasteiger partial charge in [-0.2, -0.15) is 0 Å². The molecule has 0 spiro atoms. The summed E-state index contributed by atoms with van der Waals surface area (Å²) in [5.41, 5.74) is 0.918. The zero-order valence-corrected chi connectivity index (χ0v) is 12.8. The number of hydrogen-bond donors (Lipinski definition) is 0. The third-order valence-electron chi connectivity index (χ3n) is 3.26. The molecule has 5 nitrogen and oxygen atoms in total. The van der Waals surface area contributed by atoms with Crippen molar-refractivity contribution in [2.45, 2.75) is 19.6 Å². The maximum absolute atomic E-state index is 5.75. The first-order valence-electron chi connectivity index (χ1n) is 6.63. The molecule has 1 fully saturated rings. The average Bonchev–Trinajstić information content (AvgIpc) is 2.87. The molecule has 0 N–H and O–H groups in total. The maximum atomic E-state index is 5.75. The van der Waals surface area contributed by atoms with Crippen LogP contribution in [0.25, 0.3) is 11.5 Å². The summed E-state index contributed by atoms with van der Waals surface area (Å²) in [4.78, 5) is 2.27. The van der Waals surface area contributed by atoms with Gasteiger partial charge in [-0.15, -0.1) is 10.2 Å². The topological polar surface area (TPSA) is 51.4 Å². The molecule has 6 heteroatoms. The number of aromatic nitrogens is 2. The number of ether oxygens (including phenoxy) is 1. The molecule has 1 unspecified atom stereocenters. The van der Waals surface area contributed by atoms with E-state index >= 15 is 0 Å². The second-order valence-corrected chi connectivity index (χ2v) is 5.75. The molecule has 2 aromatic rings. The van der Waals surface area contributed by atoms with E-state index in [9.17, 15) is 0 Å². The lowest BCUT2D eigenvalue weighted by Gasteiger charge is -2.29. The predicted octanol–water partition coefficient (Wildman–Crippen LogP) is 2.72. The number of benzene rings is 1. The molecule has 0 radical (unpaired) electrons. The minimum absolute atomic E-state index is 0.259. The highest BCUT2D eigenvalue weighted by atomic mass is 79.9. The molecule has 3 rings (SSSR count). The molecule has 0 bridgehead atoms. The van der Waals surface area contributed by atoms with Crippen LogP contribution in [0.3, 0.4) is 0 Å². The standard InChI is InChI=1S/C14H16BrN3O2/c1-10-8-18(6-7-19-10)9-13-16-17-14(20-13)11-4-2-3-5-12(11)15/h2-5,10H,6-9H2,1H3. The second kappa shape index (κ2) is 6.03. The Kier molecular flexibility index (Phi) is 4.14. The van der Waals surface area contributed by atoms with Crippen molar-refractivity contribution >= 4 is 15.9 Å². The number of halogens is 1. The van der Waals surface area contributed by atoms with Crippen LogP contribution in [-0.2, 0) is 11.3 Å². The molecular weight excluding hydrogens is 322 g/mol. The van der Waals surface area contributed by atoms with Crippen LogP contribution in [0.1, 0.15) is 12.8 Å². The largest absolute Gasteiger partial charge is 0.419 e. The Bertz CT molecular complexity index is 587. The Labute approximate surface area is 126 Å². The van der Waals surface area contributed by atoms with Gasteiger partial charge in [0.2, 0.25) is 11.8 Å². The van der Waals surface area contributed by atoms with Crippen LogP contribution in [0.5, 0.6) is 0 Å². The maximum Gasteiger partial charge on any atom is 0.248 e. The van der Waals surface area contributed by atoms with Crippen LogP contribution in [0, 0.1) is 0 Å². The first-order chi connectivity index (χ1) is 9.72. The fourth-order valence-electron chi connectivity index (χ4n) is 2.29. The Morgan fingerprint density at radius 3 is 3.00 bits per heavy atom. The average molecular weight is 338 g/mol. The summed E-state index contributed by atoms with van der Waals surface area (Å²) < 4.78 is 12.2. The summed E-state index contributed by atoms with van der Waals surface area (Å²) in [7, 11) is 0. The Balaban J connectivity index is 1.72. The molecule has 106 valence electrons. The van der Waals surface area contributed by atoms with Crippen molar-refractivity contribution in [1.82, 2.24) is 15.1 Å². The van der Waals surface area contributed by atoms with Gasteiger partial charge in [0.25, 0.3) is 0 Å². The zero-order chi connectivity index (χ0) is 13.9. The molecule has 0 saturated carbocycles. The Hall–Kier alpha value is -1.24. The van der Waals surface area contributed by atoms with Crippen LogP contribution in [-0.4, -0.2) is 40.9 Å². The second-order valence-electron chi connectivity index (χ2n) is 4.90. The van der Waals surface area contributed by atoms with E-state index in [0.717, 1.165) is 29.7 Å². The molecule has 20 heavy (non-hydrogen) atoms.